The van der Waals surface area contributed by atoms with Gasteiger partial charge in [-0.1, -0.05) is 0 Å². The summed E-state index contributed by atoms with van der Waals surface area (Å²) in [4.78, 5) is 17.4. The van der Waals surface area contributed by atoms with Crippen molar-refractivity contribution in [1.29, 1.82) is 0 Å². The Balaban J connectivity index is 2.20. The fourth-order valence-electron chi connectivity index (χ4n) is 2.12. The quantitative estimate of drug-likeness (QED) is 0.770. The van der Waals surface area contributed by atoms with Crippen LogP contribution in [0.1, 0.15) is 24.2 Å². The van der Waals surface area contributed by atoms with Crippen molar-refractivity contribution in [3.05, 3.63) is 29.8 Å². The Kier molecular flexibility index (Phi) is 3.75. The van der Waals surface area contributed by atoms with Crippen molar-refractivity contribution in [1.82, 2.24) is 9.88 Å². The largest absolute Gasteiger partial charge is 0.336 e. The fraction of sp³-hybridized carbons (Fsp3) is 0.500. The highest BCUT2D eigenvalue weighted by Gasteiger charge is 2.32. The summed E-state index contributed by atoms with van der Waals surface area (Å²) in [5.74, 6) is -0.972. The number of aromatic nitrogens is 1. The summed E-state index contributed by atoms with van der Waals surface area (Å²) in [5.41, 5.74) is 0.0251. The number of hydrogen-bond acceptors (Lipinski definition) is 3. The number of rotatable bonds is 1. The molecule has 1 aromatic rings. The monoisotopic (exact) mass is 270 g/mol. The topological polar surface area (TPSA) is 50.3 Å². The first-order valence-electron chi connectivity index (χ1n) is 5.79. The Bertz CT molecular complexity index is 481. The van der Waals surface area contributed by atoms with Crippen LogP contribution in [0.5, 0.6) is 0 Å². The summed E-state index contributed by atoms with van der Waals surface area (Å²) in [6.45, 7) is 4.49. The molecular formula is C12H15FN2O2S. The van der Waals surface area contributed by atoms with Crippen molar-refractivity contribution in [2.75, 3.05) is 13.1 Å². The zero-order valence-electron chi connectivity index (χ0n) is 10.3. The number of halogens is 1. The molecule has 6 heteroatoms. The molecular weight excluding hydrogens is 255 g/mol. The molecule has 1 aliphatic heterocycles. The molecule has 0 spiro atoms. The van der Waals surface area contributed by atoms with Gasteiger partial charge in [-0.3, -0.25) is 14.0 Å². The van der Waals surface area contributed by atoms with E-state index in [0.29, 0.717) is 13.1 Å². The van der Waals surface area contributed by atoms with Crippen LogP contribution in [0.3, 0.4) is 0 Å². The molecule has 1 aliphatic rings. The van der Waals surface area contributed by atoms with E-state index in [2.05, 4.69) is 4.98 Å². The van der Waals surface area contributed by atoms with Crippen molar-refractivity contribution < 1.29 is 13.4 Å². The van der Waals surface area contributed by atoms with Gasteiger partial charge in [0.05, 0.1) is 11.8 Å². The van der Waals surface area contributed by atoms with E-state index in [4.69, 9.17) is 0 Å². The lowest BCUT2D eigenvalue weighted by Crippen LogP contribution is -2.49. The predicted molar refractivity (Wildman–Crippen MR) is 67.2 cm³/mol. The molecule has 4 nitrogen and oxygen atoms in total. The van der Waals surface area contributed by atoms with Crippen LogP contribution >= 0.6 is 0 Å². The number of carbonyl (C=O) groups is 1. The summed E-state index contributed by atoms with van der Waals surface area (Å²) in [7, 11) is -0.929. The second-order valence-electron chi connectivity index (χ2n) is 4.52. The molecule has 0 N–H and O–H groups in total. The third-order valence-corrected chi connectivity index (χ3v) is 4.92. The third-order valence-electron chi connectivity index (χ3n) is 3.04. The minimum atomic E-state index is -0.929. The number of carbonyl (C=O) groups excluding carboxylic acids is 1. The summed E-state index contributed by atoms with van der Waals surface area (Å²) in [6, 6.07) is 1.37. The second kappa shape index (κ2) is 5.14. The van der Waals surface area contributed by atoms with E-state index in [1.165, 1.54) is 12.3 Å². The Morgan fingerprint density at radius 3 is 2.61 bits per heavy atom. The van der Waals surface area contributed by atoms with Crippen LogP contribution in [0.4, 0.5) is 4.39 Å². The normalized spacial score (nSPS) is 28.2. The van der Waals surface area contributed by atoms with Crippen molar-refractivity contribution >= 4 is 16.7 Å². The Morgan fingerprint density at radius 1 is 1.44 bits per heavy atom. The van der Waals surface area contributed by atoms with Crippen LogP contribution in [0.25, 0.3) is 0 Å². The molecule has 1 aromatic heterocycles. The van der Waals surface area contributed by atoms with Gasteiger partial charge in [-0.15, -0.1) is 0 Å². The maximum absolute atomic E-state index is 13.5. The molecule has 0 aromatic carbocycles. The Labute approximate surface area is 108 Å². The molecule has 2 rings (SSSR count). The summed E-state index contributed by atoms with van der Waals surface area (Å²) in [6.07, 6.45) is 2.42. The van der Waals surface area contributed by atoms with Gasteiger partial charge in [-0.2, -0.15) is 0 Å². The Hall–Kier alpha value is -1.30. The summed E-state index contributed by atoms with van der Waals surface area (Å²) in [5, 5.41) is -0.162. The molecule has 1 saturated heterocycles. The first-order valence-corrected chi connectivity index (χ1v) is 7.06. The van der Waals surface area contributed by atoms with E-state index >= 15 is 0 Å². The summed E-state index contributed by atoms with van der Waals surface area (Å²) >= 11 is 0. The molecule has 2 atom stereocenters. The van der Waals surface area contributed by atoms with Crippen LogP contribution in [-0.2, 0) is 10.8 Å². The maximum atomic E-state index is 13.5. The van der Waals surface area contributed by atoms with Gasteiger partial charge in [-0.05, 0) is 19.9 Å². The van der Waals surface area contributed by atoms with E-state index in [0.717, 1.165) is 6.20 Å². The maximum Gasteiger partial charge on any atom is 0.257 e. The molecule has 2 heterocycles. The van der Waals surface area contributed by atoms with Gasteiger partial charge in [0.25, 0.3) is 5.91 Å². The van der Waals surface area contributed by atoms with Crippen LogP contribution in [0.15, 0.2) is 18.5 Å². The van der Waals surface area contributed by atoms with Gasteiger partial charge in [0, 0.05) is 40.6 Å². The van der Waals surface area contributed by atoms with Gasteiger partial charge in [0.1, 0.15) is 0 Å². The SMILES string of the molecule is CC1CN(C(=O)c2ccncc2F)CC(C)S1=O. The van der Waals surface area contributed by atoms with Crippen LogP contribution in [0, 0.1) is 5.82 Å². The molecule has 0 radical (unpaired) electrons. The molecule has 98 valence electrons. The molecule has 2 unspecified atom stereocenters. The van der Waals surface area contributed by atoms with Crippen LogP contribution < -0.4 is 0 Å². The van der Waals surface area contributed by atoms with Crippen molar-refractivity contribution in [3.63, 3.8) is 0 Å². The Morgan fingerprint density at radius 2 is 2.06 bits per heavy atom. The van der Waals surface area contributed by atoms with Crippen molar-refractivity contribution in [2.24, 2.45) is 0 Å². The molecule has 1 fully saturated rings. The zero-order chi connectivity index (χ0) is 13.3. The minimum absolute atomic E-state index is 0.0251. The van der Waals surface area contributed by atoms with E-state index in [1.807, 2.05) is 13.8 Å². The number of pyridine rings is 1. The highest BCUT2D eigenvalue weighted by Crippen LogP contribution is 2.18. The average molecular weight is 270 g/mol. The lowest BCUT2D eigenvalue weighted by Gasteiger charge is -2.34. The first kappa shape index (κ1) is 13.1. The van der Waals surface area contributed by atoms with Gasteiger partial charge in [-0.25, -0.2) is 4.39 Å². The highest BCUT2D eigenvalue weighted by molar-refractivity contribution is 7.86. The lowest BCUT2D eigenvalue weighted by molar-refractivity contribution is 0.0746. The molecule has 1 amide bonds. The third kappa shape index (κ3) is 2.43. The van der Waals surface area contributed by atoms with Crippen LogP contribution in [0.2, 0.25) is 0 Å². The first-order chi connectivity index (χ1) is 8.50. The van der Waals surface area contributed by atoms with E-state index < -0.39 is 16.6 Å². The molecule has 0 saturated carbocycles. The molecule has 0 bridgehead atoms. The minimum Gasteiger partial charge on any atom is -0.336 e. The van der Waals surface area contributed by atoms with E-state index in [9.17, 15) is 13.4 Å². The predicted octanol–water partition coefficient (Wildman–Crippen LogP) is 1.20. The lowest BCUT2D eigenvalue weighted by atomic mass is 10.2. The molecule has 18 heavy (non-hydrogen) atoms. The smallest absolute Gasteiger partial charge is 0.257 e. The standard InChI is InChI=1S/C12H15FN2O2S/c1-8-6-15(7-9(2)18(8)17)12(16)10-3-4-14-5-11(10)13/h3-5,8-9H,6-7H2,1-2H3. The zero-order valence-corrected chi connectivity index (χ0v) is 11.1. The number of amides is 1. The average Bonchev–Trinajstić information content (AvgIpc) is 2.35. The van der Waals surface area contributed by atoms with Crippen molar-refractivity contribution in [2.45, 2.75) is 24.3 Å². The van der Waals surface area contributed by atoms with E-state index in [-0.39, 0.29) is 22.0 Å². The highest BCUT2D eigenvalue weighted by atomic mass is 32.2. The van der Waals surface area contributed by atoms with Gasteiger partial charge >= 0.3 is 0 Å². The molecule has 0 aliphatic carbocycles. The van der Waals surface area contributed by atoms with Gasteiger partial charge < -0.3 is 4.90 Å². The van der Waals surface area contributed by atoms with Crippen LogP contribution in [-0.4, -0.2) is 43.6 Å². The fourth-order valence-corrected chi connectivity index (χ4v) is 3.57. The van der Waals surface area contributed by atoms with Gasteiger partial charge in [0.15, 0.2) is 5.82 Å². The van der Waals surface area contributed by atoms with E-state index in [1.54, 1.807) is 4.90 Å². The second-order valence-corrected chi connectivity index (χ2v) is 6.78. The van der Waals surface area contributed by atoms with Crippen molar-refractivity contribution in [3.8, 4) is 0 Å². The number of nitrogens with zero attached hydrogens (tertiary/aromatic N) is 2. The summed E-state index contributed by atoms with van der Waals surface area (Å²) < 4.78 is 25.3. The van der Waals surface area contributed by atoms with Gasteiger partial charge in [0.2, 0.25) is 0 Å². The number of hydrogen-bond donors (Lipinski definition) is 0.